The molecule has 0 saturated carbocycles. The molecule has 7 nitrogen and oxygen atoms in total. The van der Waals surface area contributed by atoms with Crippen LogP contribution in [0, 0.1) is 0 Å². The number of aryl methyl sites for hydroxylation is 1. The average molecular weight is 404 g/mol. The van der Waals surface area contributed by atoms with E-state index in [1.54, 1.807) is 18.2 Å². The zero-order valence-corrected chi connectivity index (χ0v) is 16.8. The first-order chi connectivity index (χ1) is 13.4. The summed E-state index contributed by atoms with van der Waals surface area (Å²) in [4.78, 5) is 12.3. The normalized spacial score (nSPS) is 13.8. The maximum Gasteiger partial charge on any atom is 0.243 e. The van der Waals surface area contributed by atoms with E-state index in [9.17, 15) is 13.2 Å². The first kappa shape index (κ1) is 20.2. The smallest absolute Gasteiger partial charge is 0.243 e. The molecule has 8 heteroatoms. The second-order valence-electron chi connectivity index (χ2n) is 6.52. The number of likely N-dealkylation sites (N-methyl/N-ethyl adjacent to an activating group) is 1. The molecule has 2 aromatic carbocycles. The van der Waals surface area contributed by atoms with Gasteiger partial charge in [0.1, 0.15) is 0 Å². The van der Waals surface area contributed by atoms with E-state index in [0.717, 1.165) is 22.7 Å². The molecule has 1 N–H and O–H groups in total. The van der Waals surface area contributed by atoms with E-state index >= 15 is 0 Å². The number of fused-ring (bicyclic) bond motifs is 1. The molecule has 0 atom stereocenters. The highest BCUT2D eigenvalue weighted by Crippen LogP contribution is 2.32. The van der Waals surface area contributed by atoms with Crippen LogP contribution in [0.3, 0.4) is 0 Å². The van der Waals surface area contributed by atoms with Crippen LogP contribution in [-0.2, 0) is 21.2 Å². The van der Waals surface area contributed by atoms with E-state index in [2.05, 4.69) is 5.32 Å². The number of nitrogens with zero attached hydrogens (tertiary/aromatic N) is 1. The van der Waals surface area contributed by atoms with E-state index in [1.165, 1.54) is 19.2 Å². The predicted octanol–water partition coefficient (Wildman–Crippen LogP) is 2.67. The summed E-state index contributed by atoms with van der Waals surface area (Å²) < 4.78 is 37.7. The molecule has 1 aliphatic heterocycles. The van der Waals surface area contributed by atoms with Gasteiger partial charge in [-0.15, -0.1) is 0 Å². The average Bonchev–Trinajstić information content (AvgIpc) is 2.93. The Labute approximate surface area is 165 Å². The van der Waals surface area contributed by atoms with Gasteiger partial charge in [-0.2, -0.15) is 4.31 Å². The second-order valence-corrected chi connectivity index (χ2v) is 8.56. The van der Waals surface area contributed by atoms with Crippen LogP contribution in [0.1, 0.15) is 18.9 Å². The molecule has 28 heavy (non-hydrogen) atoms. The Kier molecular flexibility index (Phi) is 6.21. The van der Waals surface area contributed by atoms with Crippen LogP contribution in [-0.4, -0.2) is 45.4 Å². The highest BCUT2D eigenvalue weighted by atomic mass is 32.2. The second kappa shape index (κ2) is 8.62. The topological polar surface area (TPSA) is 84.9 Å². The lowest BCUT2D eigenvalue weighted by atomic mass is 10.1. The fourth-order valence-electron chi connectivity index (χ4n) is 2.80. The van der Waals surface area contributed by atoms with Crippen molar-refractivity contribution in [1.82, 2.24) is 4.31 Å². The van der Waals surface area contributed by atoms with Crippen molar-refractivity contribution in [2.75, 3.05) is 32.1 Å². The molecule has 0 unspecified atom stereocenters. The number of anilines is 1. The van der Waals surface area contributed by atoms with Crippen molar-refractivity contribution >= 4 is 21.6 Å². The van der Waals surface area contributed by atoms with Crippen LogP contribution in [0.2, 0.25) is 0 Å². The number of carbonyl (C=O) groups excluding carboxylic acids is 1. The minimum atomic E-state index is -3.85. The number of nitrogens with one attached hydrogen (secondary N) is 1. The Morgan fingerprint density at radius 2 is 1.75 bits per heavy atom. The van der Waals surface area contributed by atoms with Crippen molar-refractivity contribution in [1.29, 1.82) is 0 Å². The van der Waals surface area contributed by atoms with Gasteiger partial charge in [-0.25, -0.2) is 8.42 Å². The summed E-state index contributed by atoms with van der Waals surface area (Å²) in [5.41, 5.74) is 1.79. The Balaban J connectivity index is 1.69. The van der Waals surface area contributed by atoms with E-state index in [0.29, 0.717) is 30.4 Å². The van der Waals surface area contributed by atoms with E-state index in [-0.39, 0.29) is 11.4 Å². The molecule has 1 aliphatic rings. The quantitative estimate of drug-likeness (QED) is 0.800. The highest BCUT2D eigenvalue weighted by molar-refractivity contribution is 7.89. The van der Waals surface area contributed by atoms with Crippen LogP contribution in [0.15, 0.2) is 47.4 Å². The molecule has 0 bridgehead atoms. The lowest BCUT2D eigenvalue weighted by molar-refractivity contribution is -0.116. The standard InChI is InChI=1S/C20H24N2O5S/c1-3-15-5-7-16(8-6-15)21-20(23)14-22(2)28(24,25)17-9-10-18-19(13-17)27-12-4-11-26-18/h5-10,13H,3-4,11-12,14H2,1-2H3,(H,21,23). The number of hydrogen-bond donors (Lipinski definition) is 1. The van der Waals surface area contributed by atoms with Crippen molar-refractivity contribution in [2.45, 2.75) is 24.7 Å². The first-order valence-electron chi connectivity index (χ1n) is 9.15. The molecular weight excluding hydrogens is 380 g/mol. The summed E-state index contributed by atoms with van der Waals surface area (Å²) in [6.45, 7) is 2.74. The van der Waals surface area contributed by atoms with Gasteiger partial charge in [0.2, 0.25) is 15.9 Å². The third-order valence-electron chi connectivity index (χ3n) is 4.44. The van der Waals surface area contributed by atoms with Gasteiger partial charge in [0, 0.05) is 25.2 Å². The zero-order chi connectivity index (χ0) is 20.1. The van der Waals surface area contributed by atoms with Crippen molar-refractivity contribution < 1.29 is 22.7 Å². The van der Waals surface area contributed by atoms with Crippen molar-refractivity contribution in [3.63, 3.8) is 0 Å². The SMILES string of the molecule is CCc1ccc(NC(=O)CN(C)S(=O)(=O)c2ccc3c(c2)OCCCO3)cc1. The fraction of sp³-hybridized carbons (Fsp3) is 0.350. The fourth-order valence-corrected chi connectivity index (χ4v) is 3.94. The number of amides is 1. The van der Waals surface area contributed by atoms with Crippen LogP contribution in [0.4, 0.5) is 5.69 Å². The molecule has 0 saturated heterocycles. The Hall–Kier alpha value is -2.58. The molecule has 0 fully saturated rings. The third-order valence-corrected chi connectivity index (χ3v) is 6.24. The summed E-state index contributed by atoms with van der Waals surface area (Å²) in [6.07, 6.45) is 1.64. The summed E-state index contributed by atoms with van der Waals surface area (Å²) in [6, 6.07) is 11.9. The van der Waals surface area contributed by atoms with Gasteiger partial charge in [0.05, 0.1) is 24.7 Å². The summed E-state index contributed by atoms with van der Waals surface area (Å²) in [5, 5.41) is 2.72. The molecule has 0 aliphatic carbocycles. The van der Waals surface area contributed by atoms with Crippen molar-refractivity contribution in [3.05, 3.63) is 48.0 Å². The molecular formula is C20H24N2O5S. The molecule has 1 amide bonds. The maximum absolute atomic E-state index is 12.8. The monoisotopic (exact) mass is 404 g/mol. The van der Waals surface area contributed by atoms with Crippen LogP contribution < -0.4 is 14.8 Å². The molecule has 3 rings (SSSR count). The Bertz CT molecular complexity index is 942. The minimum Gasteiger partial charge on any atom is -0.490 e. The van der Waals surface area contributed by atoms with Crippen molar-refractivity contribution in [3.8, 4) is 11.5 Å². The van der Waals surface area contributed by atoms with Crippen LogP contribution in [0.25, 0.3) is 0 Å². The molecule has 0 spiro atoms. The van der Waals surface area contributed by atoms with Gasteiger partial charge in [-0.3, -0.25) is 4.79 Å². The Morgan fingerprint density at radius 3 is 2.43 bits per heavy atom. The number of rotatable bonds is 6. The maximum atomic E-state index is 12.8. The molecule has 1 heterocycles. The van der Waals surface area contributed by atoms with Gasteiger partial charge >= 0.3 is 0 Å². The number of ether oxygens (including phenoxy) is 2. The first-order valence-corrected chi connectivity index (χ1v) is 10.6. The summed E-state index contributed by atoms with van der Waals surface area (Å²) in [5.74, 6) is 0.504. The molecule has 0 aromatic heterocycles. The largest absolute Gasteiger partial charge is 0.490 e. The number of sulfonamides is 1. The predicted molar refractivity (Wildman–Crippen MR) is 106 cm³/mol. The number of carbonyl (C=O) groups is 1. The van der Waals surface area contributed by atoms with Gasteiger partial charge in [-0.1, -0.05) is 19.1 Å². The minimum absolute atomic E-state index is 0.0550. The van der Waals surface area contributed by atoms with Crippen molar-refractivity contribution in [2.24, 2.45) is 0 Å². The summed E-state index contributed by atoms with van der Waals surface area (Å²) in [7, 11) is -2.47. The number of hydrogen-bond acceptors (Lipinski definition) is 5. The van der Waals surface area contributed by atoms with Crippen LogP contribution in [0.5, 0.6) is 11.5 Å². The molecule has 150 valence electrons. The van der Waals surface area contributed by atoms with Gasteiger partial charge < -0.3 is 14.8 Å². The molecule has 0 radical (unpaired) electrons. The van der Waals surface area contributed by atoms with Gasteiger partial charge in [0.25, 0.3) is 0 Å². The number of benzene rings is 2. The van der Waals surface area contributed by atoms with E-state index in [1.807, 2.05) is 19.1 Å². The van der Waals surface area contributed by atoms with Gasteiger partial charge in [-0.05, 0) is 36.2 Å². The van der Waals surface area contributed by atoms with Crippen LogP contribution >= 0.6 is 0 Å². The van der Waals surface area contributed by atoms with E-state index < -0.39 is 15.9 Å². The molecule has 2 aromatic rings. The zero-order valence-electron chi connectivity index (χ0n) is 16.0. The lowest BCUT2D eigenvalue weighted by Crippen LogP contribution is -2.35. The summed E-state index contributed by atoms with van der Waals surface area (Å²) >= 11 is 0. The lowest BCUT2D eigenvalue weighted by Gasteiger charge is -2.18. The Morgan fingerprint density at radius 1 is 1.07 bits per heavy atom. The van der Waals surface area contributed by atoms with Gasteiger partial charge in [0.15, 0.2) is 11.5 Å². The van der Waals surface area contributed by atoms with E-state index in [4.69, 9.17) is 9.47 Å². The highest BCUT2D eigenvalue weighted by Gasteiger charge is 2.25. The third kappa shape index (κ3) is 4.63.